The second-order valence-corrected chi connectivity index (χ2v) is 5.55. The van der Waals surface area contributed by atoms with Gasteiger partial charge in [-0.05, 0) is 25.5 Å². The van der Waals surface area contributed by atoms with E-state index in [1.807, 2.05) is 25.9 Å². The van der Waals surface area contributed by atoms with Gasteiger partial charge in [-0.1, -0.05) is 18.2 Å². The van der Waals surface area contributed by atoms with E-state index in [1.165, 1.54) is 12.1 Å². The van der Waals surface area contributed by atoms with Gasteiger partial charge in [0.05, 0.1) is 11.6 Å². The van der Waals surface area contributed by atoms with Crippen LogP contribution in [0.15, 0.2) is 30.5 Å². The molecule has 23 heavy (non-hydrogen) atoms. The molecule has 0 amide bonds. The van der Waals surface area contributed by atoms with E-state index in [1.54, 1.807) is 19.2 Å². The minimum Gasteiger partial charge on any atom is -0.362 e. The number of aryl methyl sites for hydroxylation is 1. The highest BCUT2D eigenvalue weighted by Crippen LogP contribution is 2.35. The molecule has 0 radical (unpaired) electrons. The van der Waals surface area contributed by atoms with E-state index < -0.39 is 17.8 Å². The van der Waals surface area contributed by atoms with Crippen molar-refractivity contribution in [3.8, 4) is 0 Å². The highest BCUT2D eigenvalue weighted by molar-refractivity contribution is 5.48. The summed E-state index contributed by atoms with van der Waals surface area (Å²) < 4.78 is 39.3. The van der Waals surface area contributed by atoms with Gasteiger partial charge in [0, 0.05) is 25.9 Å². The molecule has 0 aliphatic heterocycles. The Morgan fingerprint density at radius 3 is 2.43 bits per heavy atom. The van der Waals surface area contributed by atoms with Crippen LogP contribution in [0.4, 0.5) is 24.9 Å². The molecule has 4 nitrogen and oxygen atoms in total. The fourth-order valence-electron chi connectivity index (χ4n) is 2.36. The van der Waals surface area contributed by atoms with Gasteiger partial charge < -0.3 is 10.2 Å². The van der Waals surface area contributed by atoms with Crippen molar-refractivity contribution in [3.63, 3.8) is 0 Å². The molecule has 0 fully saturated rings. The van der Waals surface area contributed by atoms with E-state index in [0.29, 0.717) is 5.95 Å². The van der Waals surface area contributed by atoms with Crippen molar-refractivity contribution in [1.29, 1.82) is 0 Å². The second kappa shape index (κ2) is 6.44. The number of alkyl halides is 3. The Balaban J connectivity index is 2.30. The van der Waals surface area contributed by atoms with Gasteiger partial charge in [-0.2, -0.15) is 18.2 Å². The molecule has 0 saturated heterocycles. The van der Waals surface area contributed by atoms with Gasteiger partial charge in [-0.3, -0.25) is 0 Å². The minimum absolute atomic E-state index is 0.163. The summed E-state index contributed by atoms with van der Waals surface area (Å²) in [7, 11) is 3.70. The fourth-order valence-corrected chi connectivity index (χ4v) is 2.36. The molecule has 1 aromatic carbocycles. The lowest BCUT2D eigenvalue weighted by Gasteiger charge is -2.21. The average Bonchev–Trinajstić information content (AvgIpc) is 2.48. The van der Waals surface area contributed by atoms with Crippen molar-refractivity contribution in [3.05, 3.63) is 47.2 Å². The monoisotopic (exact) mass is 324 g/mol. The highest BCUT2D eigenvalue weighted by atomic mass is 19.4. The third kappa shape index (κ3) is 3.91. The predicted octanol–water partition coefficient (Wildman–Crippen LogP) is 4.04. The molecule has 1 atom stereocenters. The number of anilines is 2. The molecule has 1 N–H and O–H groups in total. The summed E-state index contributed by atoms with van der Waals surface area (Å²) in [6, 6.07) is 4.93. The Kier molecular flexibility index (Phi) is 4.77. The van der Waals surface area contributed by atoms with E-state index in [9.17, 15) is 13.2 Å². The van der Waals surface area contributed by atoms with E-state index in [4.69, 9.17) is 0 Å². The first-order chi connectivity index (χ1) is 10.7. The van der Waals surface area contributed by atoms with E-state index in [2.05, 4.69) is 15.3 Å². The lowest BCUT2D eigenvalue weighted by molar-refractivity contribution is -0.138. The van der Waals surface area contributed by atoms with Crippen LogP contribution >= 0.6 is 0 Å². The van der Waals surface area contributed by atoms with Gasteiger partial charge in [0.15, 0.2) is 0 Å². The Hall–Kier alpha value is -2.31. The minimum atomic E-state index is -4.39. The maximum absolute atomic E-state index is 13.1. The molecule has 1 heterocycles. The SMILES string of the molecule is Cc1cnc(NC(C)c2ccccc2C(F)(F)F)nc1N(C)C. The molecule has 1 unspecified atom stereocenters. The zero-order valence-corrected chi connectivity index (χ0v) is 13.4. The lowest BCUT2D eigenvalue weighted by Crippen LogP contribution is -2.18. The molecule has 0 bridgehead atoms. The summed E-state index contributed by atoms with van der Waals surface area (Å²) in [5.74, 6) is 1.02. The smallest absolute Gasteiger partial charge is 0.362 e. The Bertz CT molecular complexity index is 683. The third-order valence-electron chi connectivity index (χ3n) is 3.45. The average molecular weight is 324 g/mol. The van der Waals surface area contributed by atoms with Gasteiger partial charge in [0.1, 0.15) is 5.82 Å². The van der Waals surface area contributed by atoms with Crippen molar-refractivity contribution < 1.29 is 13.2 Å². The first kappa shape index (κ1) is 17.1. The molecule has 2 aromatic rings. The summed E-state index contributed by atoms with van der Waals surface area (Å²) in [6.45, 7) is 3.53. The molecule has 2 rings (SSSR count). The van der Waals surface area contributed by atoms with E-state index in [0.717, 1.165) is 17.4 Å². The van der Waals surface area contributed by atoms with Gasteiger partial charge in [-0.15, -0.1) is 0 Å². The summed E-state index contributed by atoms with van der Waals surface area (Å²) in [5.41, 5.74) is 0.402. The van der Waals surface area contributed by atoms with Crippen molar-refractivity contribution in [2.24, 2.45) is 0 Å². The molecule has 0 spiro atoms. The Labute approximate surface area is 133 Å². The van der Waals surface area contributed by atoms with Crippen LogP contribution in [0, 0.1) is 6.92 Å². The van der Waals surface area contributed by atoms with Crippen LogP contribution in [0.3, 0.4) is 0 Å². The van der Waals surface area contributed by atoms with Crippen molar-refractivity contribution in [2.75, 3.05) is 24.3 Å². The summed E-state index contributed by atoms with van der Waals surface area (Å²) in [5, 5.41) is 2.94. The molecule has 0 aliphatic rings. The zero-order valence-electron chi connectivity index (χ0n) is 13.4. The molecule has 0 aliphatic carbocycles. The number of rotatable bonds is 4. The van der Waals surface area contributed by atoms with Gasteiger partial charge in [-0.25, -0.2) is 4.98 Å². The quantitative estimate of drug-likeness (QED) is 0.921. The number of benzene rings is 1. The number of nitrogens with one attached hydrogen (secondary N) is 1. The highest BCUT2D eigenvalue weighted by Gasteiger charge is 2.34. The molecular formula is C16H19F3N4. The van der Waals surface area contributed by atoms with Crippen LogP contribution < -0.4 is 10.2 Å². The van der Waals surface area contributed by atoms with E-state index in [-0.39, 0.29) is 5.56 Å². The maximum Gasteiger partial charge on any atom is 0.416 e. The van der Waals surface area contributed by atoms with Crippen molar-refractivity contribution in [1.82, 2.24) is 9.97 Å². The molecule has 7 heteroatoms. The van der Waals surface area contributed by atoms with Crippen LogP contribution in [0.25, 0.3) is 0 Å². The standard InChI is InChI=1S/C16H19F3N4/c1-10-9-20-15(22-14(10)23(3)4)21-11(2)12-7-5-6-8-13(12)16(17,18)19/h5-9,11H,1-4H3,(H,20,21,22). The van der Waals surface area contributed by atoms with Crippen molar-refractivity contribution in [2.45, 2.75) is 26.1 Å². The molecule has 1 aromatic heterocycles. The number of hydrogen-bond donors (Lipinski definition) is 1. The van der Waals surface area contributed by atoms with Gasteiger partial charge in [0.2, 0.25) is 5.95 Å². The topological polar surface area (TPSA) is 41.1 Å². The number of halogens is 3. The third-order valence-corrected chi connectivity index (χ3v) is 3.45. The van der Waals surface area contributed by atoms with Crippen LogP contribution in [-0.2, 0) is 6.18 Å². The number of hydrogen-bond acceptors (Lipinski definition) is 4. The summed E-state index contributed by atoms with van der Waals surface area (Å²) in [6.07, 6.45) is -2.75. The van der Waals surface area contributed by atoms with Crippen LogP contribution in [-0.4, -0.2) is 24.1 Å². The van der Waals surface area contributed by atoms with Crippen LogP contribution in [0.1, 0.15) is 29.7 Å². The first-order valence-electron chi connectivity index (χ1n) is 7.13. The second-order valence-electron chi connectivity index (χ2n) is 5.55. The summed E-state index contributed by atoms with van der Waals surface area (Å²) >= 11 is 0. The summed E-state index contributed by atoms with van der Waals surface area (Å²) in [4.78, 5) is 10.3. The van der Waals surface area contributed by atoms with Crippen LogP contribution in [0.5, 0.6) is 0 Å². The Morgan fingerprint density at radius 2 is 1.83 bits per heavy atom. The number of nitrogens with zero attached hydrogens (tertiary/aromatic N) is 3. The first-order valence-corrected chi connectivity index (χ1v) is 7.13. The van der Waals surface area contributed by atoms with Gasteiger partial charge >= 0.3 is 6.18 Å². The van der Waals surface area contributed by atoms with E-state index >= 15 is 0 Å². The molecule has 124 valence electrons. The van der Waals surface area contributed by atoms with Crippen LogP contribution in [0.2, 0.25) is 0 Å². The largest absolute Gasteiger partial charge is 0.416 e. The zero-order chi connectivity index (χ0) is 17.2. The maximum atomic E-state index is 13.1. The fraction of sp³-hybridized carbons (Fsp3) is 0.375. The normalized spacial score (nSPS) is 12.8. The molecular weight excluding hydrogens is 305 g/mol. The van der Waals surface area contributed by atoms with Crippen molar-refractivity contribution >= 4 is 11.8 Å². The predicted molar refractivity (Wildman–Crippen MR) is 84.6 cm³/mol. The molecule has 0 saturated carbocycles. The Morgan fingerprint density at radius 1 is 1.17 bits per heavy atom. The lowest BCUT2D eigenvalue weighted by atomic mass is 10.0. The van der Waals surface area contributed by atoms with Gasteiger partial charge in [0.25, 0.3) is 0 Å². The number of aromatic nitrogens is 2.